The summed E-state index contributed by atoms with van der Waals surface area (Å²) in [5, 5.41) is 4.14. The van der Waals surface area contributed by atoms with Crippen molar-refractivity contribution in [1.29, 1.82) is 0 Å². The van der Waals surface area contributed by atoms with E-state index in [9.17, 15) is 4.79 Å². The molecule has 0 N–H and O–H groups in total. The zero-order valence-electron chi connectivity index (χ0n) is 10.8. The first kappa shape index (κ1) is 12.6. The van der Waals surface area contributed by atoms with Crippen LogP contribution in [0.1, 0.15) is 40.4 Å². The molecule has 1 aromatic heterocycles. The van der Waals surface area contributed by atoms with Gasteiger partial charge in [-0.25, -0.2) is 0 Å². The summed E-state index contributed by atoms with van der Waals surface area (Å²) in [6.07, 6.45) is 4.75. The number of halogens is 1. The number of rotatable bonds is 2. The number of carbonyl (C=O) groups excluding carboxylic acids is 1. The van der Waals surface area contributed by atoms with E-state index in [4.69, 9.17) is 0 Å². The Kier molecular flexibility index (Phi) is 3.27. The zero-order chi connectivity index (χ0) is 13.4. The molecule has 3 rings (SSSR count). The van der Waals surface area contributed by atoms with Gasteiger partial charge in [0.15, 0.2) is 5.78 Å². The van der Waals surface area contributed by atoms with Crippen molar-refractivity contribution in [3.8, 4) is 0 Å². The van der Waals surface area contributed by atoms with E-state index in [1.54, 1.807) is 10.9 Å². The molecule has 0 spiro atoms. The molecule has 0 saturated heterocycles. The molecule has 2 aromatic rings. The van der Waals surface area contributed by atoms with Crippen LogP contribution in [0.2, 0.25) is 0 Å². The third-order valence-electron chi connectivity index (χ3n) is 3.81. The Morgan fingerprint density at radius 1 is 1.42 bits per heavy atom. The molecule has 98 valence electrons. The van der Waals surface area contributed by atoms with E-state index < -0.39 is 0 Å². The molecular formula is C15H15BrN2O. The van der Waals surface area contributed by atoms with Crippen LogP contribution in [0.3, 0.4) is 0 Å². The lowest BCUT2D eigenvalue weighted by atomic mass is 9.80. The maximum atomic E-state index is 12.8. The molecule has 0 fully saturated rings. The van der Waals surface area contributed by atoms with Crippen LogP contribution in [0.4, 0.5) is 0 Å². The average molecular weight is 319 g/mol. The van der Waals surface area contributed by atoms with E-state index in [2.05, 4.69) is 33.2 Å². The summed E-state index contributed by atoms with van der Waals surface area (Å²) in [5.41, 5.74) is 3.17. The second kappa shape index (κ2) is 4.93. The van der Waals surface area contributed by atoms with Crippen LogP contribution in [0, 0.1) is 0 Å². The smallest absolute Gasteiger partial charge is 0.189 e. The first-order valence-corrected chi connectivity index (χ1v) is 7.27. The molecule has 1 unspecified atom stereocenters. The molecule has 3 nitrogen and oxygen atoms in total. The lowest BCUT2D eigenvalue weighted by Gasteiger charge is -2.24. The monoisotopic (exact) mass is 318 g/mol. The van der Waals surface area contributed by atoms with Gasteiger partial charge in [-0.3, -0.25) is 9.48 Å². The normalized spacial score (nSPS) is 18.1. The quantitative estimate of drug-likeness (QED) is 0.794. The number of carbonyl (C=O) groups is 1. The van der Waals surface area contributed by atoms with Crippen molar-refractivity contribution in [1.82, 2.24) is 9.78 Å². The van der Waals surface area contributed by atoms with Crippen LogP contribution in [0.5, 0.6) is 0 Å². The molecule has 1 aromatic carbocycles. The molecule has 0 radical (unpaired) electrons. The molecule has 1 heterocycles. The van der Waals surface area contributed by atoms with Crippen molar-refractivity contribution in [3.63, 3.8) is 0 Å². The molecule has 0 aliphatic heterocycles. The molecule has 1 aliphatic carbocycles. The summed E-state index contributed by atoms with van der Waals surface area (Å²) in [4.78, 5) is 12.8. The number of fused-ring (bicyclic) bond motifs is 1. The van der Waals surface area contributed by atoms with Crippen molar-refractivity contribution in [3.05, 3.63) is 51.8 Å². The van der Waals surface area contributed by atoms with Gasteiger partial charge in [-0.15, -0.1) is 0 Å². The number of aromatic nitrogens is 2. The van der Waals surface area contributed by atoms with Gasteiger partial charge in [-0.1, -0.05) is 24.3 Å². The molecule has 0 bridgehead atoms. The van der Waals surface area contributed by atoms with Crippen LogP contribution in [0.15, 0.2) is 34.9 Å². The molecule has 4 heteroatoms. The van der Waals surface area contributed by atoms with Crippen molar-refractivity contribution >= 4 is 21.7 Å². The fraction of sp³-hybridized carbons (Fsp3) is 0.333. The number of aryl methyl sites for hydroxylation is 2. The maximum Gasteiger partial charge on any atom is 0.189 e. The number of ketones is 1. The topological polar surface area (TPSA) is 34.9 Å². The largest absolute Gasteiger partial charge is 0.292 e. The van der Waals surface area contributed by atoms with Gasteiger partial charge in [0.25, 0.3) is 0 Å². The van der Waals surface area contributed by atoms with Gasteiger partial charge < -0.3 is 0 Å². The lowest BCUT2D eigenvalue weighted by molar-refractivity contribution is 0.0941. The summed E-state index contributed by atoms with van der Waals surface area (Å²) in [6.45, 7) is 0. The summed E-state index contributed by atoms with van der Waals surface area (Å²) in [5.74, 6) is 0.135. The fourth-order valence-electron chi connectivity index (χ4n) is 2.88. The first-order valence-electron chi connectivity index (χ1n) is 6.48. The van der Waals surface area contributed by atoms with Crippen molar-refractivity contribution in [2.75, 3.05) is 0 Å². The van der Waals surface area contributed by atoms with Gasteiger partial charge in [-0.05, 0) is 46.3 Å². The summed E-state index contributed by atoms with van der Waals surface area (Å²) in [6, 6.07) is 8.28. The Hall–Kier alpha value is -1.42. The Labute approximate surface area is 120 Å². The lowest BCUT2D eigenvalue weighted by Crippen LogP contribution is -2.21. The standard InChI is InChI=1S/C15H15BrN2O/c1-18-14(13(16)9-17-18)15(19)12-8-4-6-10-5-2-3-7-11(10)12/h2-3,5,7,9,12H,4,6,8H2,1H3. The van der Waals surface area contributed by atoms with Gasteiger partial charge >= 0.3 is 0 Å². The third kappa shape index (κ3) is 2.14. The number of hydrogen-bond donors (Lipinski definition) is 0. The number of hydrogen-bond acceptors (Lipinski definition) is 2. The predicted octanol–water partition coefficient (Wildman–Crippen LogP) is 3.49. The van der Waals surface area contributed by atoms with E-state index in [-0.39, 0.29) is 11.7 Å². The number of Topliss-reactive ketones (excluding diaryl/α,β-unsaturated/α-hetero) is 1. The van der Waals surface area contributed by atoms with Gasteiger partial charge in [0.05, 0.1) is 10.7 Å². The second-order valence-electron chi connectivity index (χ2n) is 4.97. The fourth-order valence-corrected chi connectivity index (χ4v) is 3.42. The Morgan fingerprint density at radius 2 is 2.21 bits per heavy atom. The van der Waals surface area contributed by atoms with Crippen molar-refractivity contribution < 1.29 is 4.79 Å². The van der Waals surface area contributed by atoms with Crippen LogP contribution >= 0.6 is 15.9 Å². The number of nitrogens with zero attached hydrogens (tertiary/aromatic N) is 2. The highest BCUT2D eigenvalue weighted by Gasteiger charge is 2.29. The Balaban J connectivity index is 2.03. The van der Waals surface area contributed by atoms with E-state index in [1.807, 2.05) is 19.2 Å². The Bertz CT molecular complexity index is 613. The zero-order valence-corrected chi connectivity index (χ0v) is 12.4. The summed E-state index contributed by atoms with van der Waals surface area (Å²) in [7, 11) is 1.81. The molecule has 0 amide bonds. The van der Waals surface area contributed by atoms with Crippen LogP contribution < -0.4 is 0 Å². The molecule has 1 atom stereocenters. The van der Waals surface area contributed by atoms with Gasteiger partial charge in [0, 0.05) is 13.0 Å². The summed E-state index contributed by atoms with van der Waals surface area (Å²) >= 11 is 3.42. The van der Waals surface area contributed by atoms with Crippen molar-refractivity contribution in [2.24, 2.45) is 7.05 Å². The third-order valence-corrected chi connectivity index (χ3v) is 4.39. The highest BCUT2D eigenvalue weighted by atomic mass is 79.9. The van der Waals surface area contributed by atoms with E-state index in [1.165, 1.54) is 11.1 Å². The van der Waals surface area contributed by atoms with Crippen LogP contribution in [-0.4, -0.2) is 15.6 Å². The van der Waals surface area contributed by atoms with Gasteiger partial charge in [-0.2, -0.15) is 5.10 Å². The maximum absolute atomic E-state index is 12.8. The minimum atomic E-state index is -0.0309. The highest BCUT2D eigenvalue weighted by molar-refractivity contribution is 9.10. The van der Waals surface area contributed by atoms with E-state index >= 15 is 0 Å². The number of benzene rings is 1. The second-order valence-corrected chi connectivity index (χ2v) is 5.83. The Morgan fingerprint density at radius 3 is 2.95 bits per heavy atom. The van der Waals surface area contributed by atoms with E-state index in [0.717, 1.165) is 23.7 Å². The van der Waals surface area contributed by atoms with Crippen LogP contribution in [-0.2, 0) is 13.5 Å². The minimum absolute atomic E-state index is 0.0309. The van der Waals surface area contributed by atoms with Crippen LogP contribution in [0.25, 0.3) is 0 Å². The first-order chi connectivity index (χ1) is 9.18. The van der Waals surface area contributed by atoms with E-state index in [0.29, 0.717) is 5.69 Å². The highest BCUT2D eigenvalue weighted by Crippen LogP contribution is 2.35. The van der Waals surface area contributed by atoms with Gasteiger partial charge in [0.2, 0.25) is 0 Å². The summed E-state index contributed by atoms with van der Waals surface area (Å²) < 4.78 is 2.44. The molecule has 1 aliphatic rings. The average Bonchev–Trinajstić information content (AvgIpc) is 2.77. The van der Waals surface area contributed by atoms with Gasteiger partial charge in [0.1, 0.15) is 5.69 Å². The van der Waals surface area contributed by atoms with Crippen molar-refractivity contribution in [2.45, 2.75) is 25.2 Å². The molecule has 0 saturated carbocycles. The predicted molar refractivity (Wildman–Crippen MR) is 77.4 cm³/mol. The SMILES string of the molecule is Cn1ncc(Br)c1C(=O)C1CCCc2ccccc21. The molecule has 19 heavy (non-hydrogen) atoms. The minimum Gasteiger partial charge on any atom is -0.292 e. The molecular weight excluding hydrogens is 304 g/mol.